The van der Waals surface area contributed by atoms with Crippen LogP contribution in [-0.2, 0) is 15.0 Å². The number of carbonyl (C=O) groups excluding carboxylic acids is 1. The number of aliphatic carboxylic acids is 1. The number of hydrogen-bond donors (Lipinski definition) is 1. The summed E-state index contributed by atoms with van der Waals surface area (Å²) in [6.45, 7) is -0.384. The zero-order chi connectivity index (χ0) is 24.0. The van der Waals surface area contributed by atoms with Gasteiger partial charge in [0.25, 0.3) is 0 Å². The molecule has 2 aliphatic carbocycles. The van der Waals surface area contributed by atoms with E-state index in [1.807, 2.05) is 30.3 Å². The van der Waals surface area contributed by atoms with Crippen LogP contribution < -0.4 is 14.2 Å². The lowest BCUT2D eigenvalue weighted by Gasteiger charge is -2.33. The minimum atomic E-state index is -1.02. The molecular formula is C28H30O6. The van der Waals surface area contributed by atoms with Gasteiger partial charge in [0, 0.05) is 18.4 Å². The van der Waals surface area contributed by atoms with E-state index in [2.05, 4.69) is 11.8 Å². The second-order valence-electron chi connectivity index (χ2n) is 8.97. The predicted octanol–water partition coefficient (Wildman–Crippen LogP) is 4.91. The van der Waals surface area contributed by atoms with Crippen molar-refractivity contribution < 1.29 is 28.9 Å². The summed E-state index contributed by atoms with van der Waals surface area (Å²) in [6, 6.07) is 13.1. The summed E-state index contributed by atoms with van der Waals surface area (Å²) in [7, 11) is 1.65. The molecule has 0 heterocycles. The Hall–Kier alpha value is -3.46. The van der Waals surface area contributed by atoms with Crippen LogP contribution in [0.25, 0.3) is 0 Å². The Bertz CT molecular complexity index is 1080. The highest BCUT2D eigenvalue weighted by molar-refractivity contribution is 5.80. The van der Waals surface area contributed by atoms with Crippen LogP contribution >= 0.6 is 0 Å². The average Bonchev–Trinajstić information content (AvgIpc) is 3.36. The standard InChI is InChI=1S/C28H30O6/c1-32-25-11-8-21(18-26(25)34-24-4-2-3-5-24)28(16-13-22(29)14-17-28)15-12-20-6-9-23(10-7-20)33-19-27(30)31/h6-11,18,24H,2-5,13-14,16-17,19H2,1H3,(H,30,31). The number of rotatable bonds is 7. The third kappa shape index (κ3) is 5.72. The maximum absolute atomic E-state index is 12.1. The molecule has 0 spiro atoms. The maximum Gasteiger partial charge on any atom is 0.341 e. The smallest absolute Gasteiger partial charge is 0.341 e. The average molecular weight is 463 g/mol. The van der Waals surface area contributed by atoms with Crippen LogP contribution in [0, 0.1) is 11.8 Å². The first-order chi connectivity index (χ1) is 16.5. The molecule has 6 nitrogen and oxygen atoms in total. The molecule has 2 fully saturated rings. The van der Waals surface area contributed by atoms with E-state index in [-0.39, 0.29) is 18.5 Å². The molecule has 0 amide bonds. The lowest BCUT2D eigenvalue weighted by atomic mass is 9.69. The van der Waals surface area contributed by atoms with Gasteiger partial charge < -0.3 is 19.3 Å². The van der Waals surface area contributed by atoms with Crippen molar-refractivity contribution in [2.24, 2.45) is 0 Å². The van der Waals surface area contributed by atoms with Gasteiger partial charge in [-0.25, -0.2) is 4.79 Å². The summed E-state index contributed by atoms with van der Waals surface area (Å²) in [5.41, 5.74) is 1.39. The van der Waals surface area contributed by atoms with Crippen LogP contribution in [0.2, 0.25) is 0 Å². The quantitative estimate of drug-likeness (QED) is 0.589. The summed E-state index contributed by atoms with van der Waals surface area (Å²) in [6.07, 6.45) is 7.01. The number of carboxylic acids is 1. The highest BCUT2D eigenvalue weighted by Gasteiger charge is 2.36. The summed E-state index contributed by atoms with van der Waals surface area (Å²) in [5.74, 6) is 7.94. The monoisotopic (exact) mass is 462 g/mol. The SMILES string of the molecule is COc1ccc(C2(C#Cc3ccc(OCC(=O)O)cc3)CCC(=O)CC2)cc1OC1CCCC1. The lowest BCUT2D eigenvalue weighted by Crippen LogP contribution is -2.30. The zero-order valence-corrected chi connectivity index (χ0v) is 19.5. The van der Waals surface area contributed by atoms with Crippen molar-refractivity contribution in [3.8, 4) is 29.1 Å². The first-order valence-corrected chi connectivity index (χ1v) is 11.8. The number of hydrogen-bond acceptors (Lipinski definition) is 5. The fourth-order valence-corrected chi connectivity index (χ4v) is 4.67. The molecule has 1 N–H and O–H groups in total. The van der Waals surface area contributed by atoms with Gasteiger partial charge in [-0.2, -0.15) is 0 Å². The number of Topliss-reactive ketones (excluding diaryl/α,β-unsaturated/α-hetero) is 1. The van der Waals surface area contributed by atoms with Crippen LogP contribution in [0.3, 0.4) is 0 Å². The Morgan fingerprint density at radius 2 is 1.76 bits per heavy atom. The molecule has 2 aromatic carbocycles. The van der Waals surface area contributed by atoms with Gasteiger partial charge in [-0.3, -0.25) is 4.79 Å². The van der Waals surface area contributed by atoms with E-state index in [9.17, 15) is 9.59 Å². The molecule has 178 valence electrons. The van der Waals surface area contributed by atoms with Crippen molar-refractivity contribution in [3.05, 3.63) is 53.6 Å². The highest BCUT2D eigenvalue weighted by atomic mass is 16.5. The van der Waals surface area contributed by atoms with E-state index in [4.69, 9.17) is 19.3 Å². The Kier molecular flexibility index (Phi) is 7.42. The Morgan fingerprint density at radius 1 is 1.06 bits per heavy atom. The highest BCUT2D eigenvalue weighted by Crippen LogP contribution is 2.42. The second kappa shape index (κ2) is 10.6. The molecule has 0 bridgehead atoms. The molecule has 4 rings (SSSR count). The van der Waals surface area contributed by atoms with E-state index in [1.54, 1.807) is 19.2 Å². The largest absolute Gasteiger partial charge is 0.493 e. The first-order valence-electron chi connectivity index (χ1n) is 11.8. The van der Waals surface area contributed by atoms with E-state index in [1.165, 1.54) is 12.8 Å². The zero-order valence-electron chi connectivity index (χ0n) is 19.5. The van der Waals surface area contributed by atoms with Gasteiger partial charge in [-0.15, -0.1) is 0 Å². The van der Waals surface area contributed by atoms with E-state index in [0.717, 1.165) is 29.7 Å². The van der Waals surface area contributed by atoms with Crippen molar-refractivity contribution in [2.75, 3.05) is 13.7 Å². The normalized spacial score (nSPS) is 17.5. The molecule has 2 aromatic rings. The first kappa shape index (κ1) is 23.7. The molecule has 0 aliphatic heterocycles. The number of ketones is 1. The summed E-state index contributed by atoms with van der Waals surface area (Å²) in [5, 5.41) is 8.76. The molecule has 6 heteroatoms. The number of methoxy groups -OCH3 is 1. The molecule has 0 unspecified atom stereocenters. The number of carbonyl (C=O) groups is 2. The molecular weight excluding hydrogens is 432 g/mol. The van der Waals surface area contributed by atoms with Gasteiger partial charge in [0.15, 0.2) is 18.1 Å². The number of benzene rings is 2. The Balaban J connectivity index is 1.62. The molecule has 0 saturated heterocycles. The second-order valence-corrected chi connectivity index (χ2v) is 8.97. The van der Waals surface area contributed by atoms with Gasteiger partial charge in [0.05, 0.1) is 18.6 Å². The minimum Gasteiger partial charge on any atom is -0.493 e. The number of carboxylic acid groups (broad SMARTS) is 1. The molecule has 2 aliphatic rings. The van der Waals surface area contributed by atoms with Crippen LogP contribution in [0.1, 0.15) is 62.5 Å². The maximum atomic E-state index is 12.1. The summed E-state index contributed by atoms with van der Waals surface area (Å²) < 4.78 is 17.1. The van der Waals surface area contributed by atoms with Crippen LogP contribution in [0.4, 0.5) is 0 Å². The van der Waals surface area contributed by atoms with Crippen molar-refractivity contribution in [3.63, 3.8) is 0 Å². The molecule has 2 saturated carbocycles. The van der Waals surface area contributed by atoms with Gasteiger partial charge in [0.1, 0.15) is 11.5 Å². The van der Waals surface area contributed by atoms with Crippen LogP contribution in [0.15, 0.2) is 42.5 Å². The summed E-state index contributed by atoms with van der Waals surface area (Å²) >= 11 is 0. The van der Waals surface area contributed by atoms with Crippen molar-refractivity contribution in [1.82, 2.24) is 0 Å². The molecule has 0 atom stereocenters. The van der Waals surface area contributed by atoms with Gasteiger partial charge in [-0.05, 0) is 80.5 Å². The van der Waals surface area contributed by atoms with Gasteiger partial charge in [-0.1, -0.05) is 17.9 Å². The van der Waals surface area contributed by atoms with Gasteiger partial charge in [0.2, 0.25) is 0 Å². The topological polar surface area (TPSA) is 82.1 Å². The molecule has 0 aromatic heterocycles. The van der Waals surface area contributed by atoms with E-state index >= 15 is 0 Å². The Labute approximate surface area is 200 Å². The van der Waals surface area contributed by atoms with Crippen LogP contribution in [0.5, 0.6) is 17.2 Å². The van der Waals surface area contributed by atoms with Crippen molar-refractivity contribution in [1.29, 1.82) is 0 Å². The molecule has 0 radical (unpaired) electrons. The van der Waals surface area contributed by atoms with E-state index in [0.29, 0.717) is 37.2 Å². The Morgan fingerprint density at radius 3 is 2.41 bits per heavy atom. The molecule has 34 heavy (non-hydrogen) atoms. The van der Waals surface area contributed by atoms with Crippen molar-refractivity contribution >= 4 is 11.8 Å². The van der Waals surface area contributed by atoms with Crippen LogP contribution in [-0.4, -0.2) is 36.7 Å². The summed E-state index contributed by atoms with van der Waals surface area (Å²) in [4.78, 5) is 22.7. The fraction of sp³-hybridized carbons (Fsp3) is 0.429. The number of ether oxygens (including phenoxy) is 3. The van der Waals surface area contributed by atoms with E-state index < -0.39 is 11.4 Å². The third-order valence-corrected chi connectivity index (χ3v) is 6.64. The fourth-order valence-electron chi connectivity index (χ4n) is 4.67. The van der Waals surface area contributed by atoms with Gasteiger partial charge >= 0.3 is 5.97 Å². The lowest BCUT2D eigenvalue weighted by molar-refractivity contribution is -0.139. The van der Waals surface area contributed by atoms with Crippen molar-refractivity contribution in [2.45, 2.75) is 62.9 Å². The minimum absolute atomic E-state index is 0.209. The third-order valence-electron chi connectivity index (χ3n) is 6.64. The predicted molar refractivity (Wildman–Crippen MR) is 127 cm³/mol.